The second-order valence-corrected chi connectivity index (χ2v) is 17.9. The number of nitrogens with zero attached hydrogens (tertiary/aromatic N) is 2. The van der Waals surface area contributed by atoms with Crippen LogP contribution in [0.3, 0.4) is 0 Å². The van der Waals surface area contributed by atoms with Gasteiger partial charge in [-0.3, -0.25) is 0 Å². The van der Waals surface area contributed by atoms with Gasteiger partial charge in [0.25, 0.3) is 0 Å². The van der Waals surface area contributed by atoms with Crippen LogP contribution in [0.1, 0.15) is 85.6 Å². The molecule has 0 saturated heterocycles. The van der Waals surface area contributed by atoms with E-state index >= 15 is 0 Å². The Kier molecular flexibility index (Phi) is 8.94. The molecule has 0 radical (unpaired) electrons. The first kappa shape index (κ1) is 36.5. The van der Waals surface area contributed by atoms with Gasteiger partial charge >= 0.3 is 0 Å². The molecule has 5 aromatic carbocycles. The van der Waals surface area contributed by atoms with Crippen LogP contribution in [0, 0.1) is 0 Å². The van der Waals surface area contributed by atoms with E-state index in [0.717, 1.165) is 44.9 Å². The van der Waals surface area contributed by atoms with Gasteiger partial charge in [-0.2, -0.15) is 0 Å². The topological polar surface area (TPSA) is 6.48 Å². The van der Waals surface area contributed by atoms with Crippen LogP contribution < -0.4 is 4.90 Å². The van der Waals surface area contributed by atoms with Gasteiger partial charge in [0.05, 0.1) is 23.2 Å². The van der Waals surface area contributed by atoms with Crippen molar-refractivity contribution in [1.82, 2.24) is 4.90 Å². The zero-order chi connectivity index (χ0) is 40.3. The highest BCUT2D eigenvalue weighted by molar-refractivity contribution is 6.01. The van der Waals surface area contributed by atoms with E-state index in [4.69, 9.17) is 0 Å². The maximum absolute atomic E-state index is 2.81. The zero-order valence-electron chi connectivity index (χ0n) is 34.9. The molecule has 5 aromatic rings. The van der Waals surface area contributed by atoms with Gasteiger partial charge in [0, 0.05) is 28.2 Å². The van der Waals surface area contributed by atoms with Crippen molar-refractivity contribution in [2.75, 3.05) is 4.90 Å². The lowest BCUT2D eigenvalue weighted by atomic mass is 9.65. The fourth-order valence-electron chi connectivity index (χ4n) is 12.3. The number of hydrogen-bond acceptors (Lipinski definition) is 2. The van der Waals surface area contributed by atoms with Crippen LogP contribution in [0.25, 0.3) is 22.4 Å². The summed E-state index contributed by atoms with van der Waals surface area (Å²) in [7, 11) is 0. The van der Waals surface area contributed by atoms with Crippen LogP contribution in [0.2, 0.25) is 0 Å². The molecule has 7 aliphatic carbocycles. The summed E-state index contributed by atoms with van der Waals surface area (Å²) in [6.45, 7) is 0. The van der Waals surface area contributed by atoms with Gasteiger partial charge in [-0.1, -0.05) is 158 Å². The van der Waals surface area contributed by atoms with Crippen LogP contribution in [0.4, 0.5) is 11.4 Å². The Hall–Kier alpha value is -6.38. The molecular weight excluding hydrogens is 737 g/mol. The predicted molar refractivity (Wildman–Crippen MR) is 254 cm³/mol. The summed E-state index contributed by atoms with van der Waals surface area (Å²) >= 11 is 0. The number of aryl methyl sites for hydroxylation is 1. The van der Waals surface area contributed by atoms with Gasteiger partial charge in [-0.25, -0.2) is 0 Å². The number of para-hydroxylation sites is 1. The normalized spacial score (nSPS) is 23.1. The third-order valence-corrected chi connectivity index (χ3v) is 14.8. The standard InChI is InChI=1S/C59H52N2/c1-4-18-41(19-5-1)42-34-36-46(37-35-42)60(44-22-6-2-7-23-44)47-38-39-50-49-27-12-14-29-52(49)59(55(50)40-47)53-30-15-13-28-51(53)58-54(59)31-17-33-57(58)61(45-24-8-3-9-25-45)56-32-16-21-43-20-10-11-26-48(43)56/h1-11,13,15,17-20,22,24-26,28,30-34,36,38-39,44,47H,12,14,16,21,23,27,29,35,37,40H2. The zero-order valence-corrected chi connectivity index (χ0v) is 34.9. The highest BCUT2D eigenvalue weighted by Gasteiger charge is 2.55. The molecule has 3 unspecified atom stereocenters. The van der Waals surface area contributed by atoms with E-state index in [1.807, 2.05) is 0 Å². The van der Waals surface area contributed by atoms with Gasteiger partial charge in [-0.15, -0.1) is 0 Å². The molecule has 12 rings (SSSR count). The molecule has 0 fully saturated rings. The molecule has 1 spiro atoms. The highest BCUT2D eigenvalue weighted by atomic mass is 15.2. The third-order valence-electron chi connectivity index (χ3n) is 14.8. The first-order chi connectivity index (χ1) is 30.3. The number of anilines is 2. The monoisotopic (exact) mass is 788 g/mol. The molecule has 0 aromatic heterocycles. The fraction of sp³-hybridized carbons (Fsp3) is 0.220. The van der Waals surface area contributed by atoms with E-state index in [0.29, 0.717) is 6.04 Å². The van der Waals surface area contributed by atoms with Crippen LogP contribution in [0.15, 0.2) is 210 Å². The quantitative estimate of drug-likeness (QED) is 0.162. The molecule has 3 atom stereocenters. The molecule has 298 valence electrons. The maximum atomic E-state index is 2.81. The molecule has 61 heavy (non-hydrogen) atoms. The SMILES string of the molecule is C1=CCC(N(C2=CC=C(c3ccccc3)CC2)C2C=CC3=C(C2)C2(C4=C3CCCC4)c3ccccc3-c3c(N(C4=CCCc5ccccc54)c4ccccc4)cccc32)C=C1. The van der Waals surface area contributed by atoms with Crippen molar-refractivity contribution < 1.29 is 0 Å². The Bertz CT molecular complexity index is 2820. The minimum absolute atomic E-state index is 0.250. The summed E-state index contributed by atoms with van der Waals surface area (Å²) in [5, 5.41) is 0. The van der Waals surface area contributed by atoms with Crippen molar-refractivity contribution in [1.29, 1.82) is 0 Å². The highest BCUT2D eigenvalue weighted by Crippen LogP contribution is 2.67. The van der Waals surface area contributed by atoms with E-state index in [2.05, 4.69) is 192 Å². The number of fused-ring (bicyclic) bond motifs is 9. The van der Waals surface area contributed by atoms with Gasteiger partial charge in [0.2, 0.25) is 0 Å². The lowest BCUT2D eigenvalue weighted by Crippen LogP contribution is -2.43. The summed E-state index contributed by atoms with van der Waals surface area (Å²) in [6, 6.07) is 48.6. The fourth-order valence-corrected chi connectivity index (χ4v) is 12.3. The van der Waals surface area contributed by atoms with E-state index in [9.17, 15) is 0 Å². The van der Waals surface area contributed by atoms with Crippen molar-refractivity contribution in [3.8, 4) is 11.1 Å². The third kappa shape index (κ3) is 5.75. The summed E-state index contributed by atoms with van der Waals surface area (Å²) in [6.07, 6.45) is 32.9. The Morgan fingerprint density at radius 3 is 2.21 bits per heavy atom. The van der Waals surface area contributed by atoms with Crippen molar-refractivity contribution in [2.24, 2.45) is 0 Å². The Morgan fingerprint density at radius 2 is 1.38 bits per heavy atom. The number of benzene rings is 5. The second kappa shape index (κ2) is 15.0. The first-order valence-electron chi connectivity index (χ1n) is 22.9. The summed E-state index contributed by atoms with van der Waals surface area (Å²) in [5.41, 5.74) is 22.7. The molecule has 7 aliphatic rings. The van der Waals surface area contributed by atoms with Crippen molar-refractivity contribution in [2.45, 2.75) is 81.7 Å². The molecule has 0 amide bonds. The van der Waals surface area contributed by atoms with E-state index < -0.39 is 0 Å². The van der Waals surface area contributed by atoms with Gasteiger partial charge < -0.3 is 9.80 Å². The maximum Gasteiger partial charge on any atom is 0.0649 e. The molecule has 0 saturated carbocycles. The molecular formula is C59H52N2. The van der Waals surface area contributed by atoms with Crippen LogP contribution in [-0.2, 0) is 11.8 Å². The Morgan fingerprint density at radius 1 is 0.590 bits per heavy atom. The van der Waals surface area contributed by atoms with Crippen LogP contribution in [-0.4, -0.2) is 17.0 Å². The van der Waals surface area contributed by atoms with Gasteiger partial charge in [0.1, 0.15) is 0 Å². The van der Waals surface area contributed by atoms with Crippen molar-refractivity contribution in [3.05, 3.63) is 238 Å². The van der Waals surface area contributed by atoms with Crippen molar-refractivity contribution in [3.63, 3.8) is 0 Å². The Balaban J connectivity index is 1.03. The first-order valence-corrected chi connectivity index (χ1v) is 22.9. The lowest BCUT2D eigenvalue weighted by Gasteiger charge is -2.44. The smallest absolute Gasteiger partial charge is 0.0649 e. The molecule has 2 heteroatoms. The summed E-state index contributed by atoms with van der Waals surface area (Å²) < 4.78 is 0. The second-order valence-electron chi connectivity index (χ2n) is 17.9. The Labute approximate surface area is 361 Å². The predicted octanol–water partition coefficient (Wildman–Crippen LogP) is 14.5. The molecule has 0 bridgehead atoms. The number of allylic oxidation sites excluding steroid dienone is 11. The van der Waals surface area contributed by atoms with Crippen LogP contribution >= 0.6 is 0 Å². The summed E-state index contributed by atoms with van der Waals surface area (Å²) in [4.78, 5) is 5.40. The van der Waals surface area contributed by atoms with E-state index in [1.165, 1.54) is 92.1 Å². The molecule has 0 heterocycles. The molecule has 0 N–H and O–H groups in total. The summed E-state index contributed by atoms with van der Waals surface area (Å²) in [5.74, 6) is 0. The number of rotatable bonds is 7. The number of hydrogen-bond donors (Lipinski definition) is 0. The van der Waals surface area contributed by atoms with E-state index in [1.54, 1.807) is 16.7 Å². The molecule has 0 aliphatic heterocycles. The average Bonchev–Trinajstić information content (AvgIpc) is 3.81. The van der Waals surface area contributed by atoms with Gasteiger partial charge in [0.15, 0.2) is 0 Å². The van der Waals surface area contributed by atoms with E-state index in [-0.39, 0.29) is 11.5 Å². The average molecular weight is 789 g/mol. The minimum Gasteiger partial charge on any atom is -0.361 e. The van der Waals surface area contributed by atoms with Gasteiger partial charge in [-0.05, 0) is 144 Å². The van der Waals surface area contributed by atoms with Crippen LogP contribution in [0.5, 0.6) is 0 Å². The molecule has 2 nitrogen and oxygen atoms in total. The largest absolute Gasteiger partial charge is 0.361 e. The van der Waals surface area contributed by atoms with Crippen molar-refractivity contribution >= 4 is 22.6 Å². The minimum atomic E-state index is -0.285. The lowest BCUT2D eigenvalue weighted by molar-refractivity contribution is 0.231.